The average Bonchev–Trinajstić information content (AvgIpc) is 2.36. The van der Waals surface area contributed by atoms with Crippen LogP contribution in [0.25, 0.3) is 0 Å². The zero-order valence-corrected chi connectivity index (χ0v) is 10.8. The Kier molecular flexibility index (Phi) is 4.58. The van der Waals surface area contributed by atoms with Gasteiger partial charge in [-0.25, -0.2) is 0 Å². The Hall–Kier alpha value is -1.10. The van der Waals surface area contributed by atoms with Crippen LogP contribution >= 0.6 is 11.6 Å². The zero-order valence-electron chi connectivity index (χ0n) is 10.0. The highest BCUT2D eigenvalue weighted by Crippen LogP contribution is 2.19. The number of hydrogen-bond acceptors (Lipinski definition) is 3. The van der Waals surface area contributed by atoms with Crippen molar-refractivity contribution in [3.8, 4) is 0 Å². The standard InChI is InChI=1S/C13H16ClNO3/c14-12-4-2-1-3-10(12)7-15-8-11(5-6-16)18-9-13(15)17/h1-4,11,16H,5-9H2. The number of aliphatic hydroxyl groups excluding tert-OH is 1. The summed E-state index contributed by atoms with van der Waals surface area (Å²) in [5.41, 5.74) is 0.928. The van der Waals surface area contributed by atoms with E-state index in [0.29, 0.717) is 24.5 Å². The fourth-order valence-corrected chi connectivity index (χ4v) is 2.18. The van der Waals surface area contributed by atoms with Crippen molar-refractivity contribution in [2.24, 2.45) is 0 Å². The van der Waals surface area contributed by atoms with Crippen molar-refractivity contribution < 1.29 is 14.6 Å². The van der Waals surface area contributed by atoms with E-state index in [1.54, 1.807) is 4.90 Å². The van der Waals surface area contributed by atoms with E-state index in [9.17, 15) is 4.79 Å². The molecule has 1 heterocycles. The minimum Gasteiger partial charge on any atom is -0.396 e. The Morgan fingerprint density at radius 1 is 1.44 bits per heavy atom. The van der Waals surface area contributed by atoms with Crippen molar-refractivity contribution in [1.29, 1.82) is 0 Å². The summed E-state index contributed by atoms with van der Waals surface area (Å²) in [6.45, 7) is 1.14. The summed E-state index contributed by atoms with van der Waals surface area (Å²) < 4.78 is 5.34. The molecule has 0 aliphatic carbocycles. The van der Waals surface area contributed by atoms with Crippen LogP contribution in [0.15, 0.2) is 24.3 Å². The fraction of sp³-hybridized carbons (Fsp3) is 0.462. The number of rotatable bonds is 4. The third-order valence-corrected chi connectivity index (χ3v) is 3.36. The first kappa shape index (κ1) is 13.3. The van der Waals surface area contributed by atoms with Crippen LogP contribution in [-0.2, 0) is 16.1 Å². The molecule has 1 unspecified atom stereocenters. The lowest BCUT2D eigenvalue weighted by Gasteiger charge is -2.32. The molecule has 1 atom stereocenters. The number of carbonyl (C=O) groups is 1. The molecule has 1 aliphatic rings. The van der Waals surface area contributed by atoms with E-state index in [-0.39, 0.29) is 25.2 Å². The van der Waals surface area contributed by atoms with Crippen molar-refractivity contribution in [2.75, 3.05) is 19.8 Å². The van der Waals surface area contributed by atoms with E-state index in [0.717, 1.165) is 5.56 Å². The Labute approximate surface area is 111 Å². The molecule has 5 heteroatoms. The van der Waals surface area contributed by atoms with E-state index in [1.807, 2.05) is 24.3 Å². The summed E-state index contributed by atoms with van der Waals surface area (Å²) >= 11 is 6.08. The molecular weight excluding hydrogens is 254 g/mol. The Balaban J connectivity index is 2.03. The minimum absolute atomic E-state index is 0.0379. The minimum atomic E-state index is -0.0878. The van der Waals surface area contributed by atoms with Gasteiger partial charge in [-0.3, -0.25) is 4.79 Å². The predicted molar refractivity (Wildman–Crippen MR) is 68.3 cm³/mol. The van der Waals surface area contributed by atoms with Crippen LogP contribution < -0.4 is 0 Å². The maximum Gasteiger partial charge on any atom is 0.248 e. The number of morpholine rings is 1. The third-order valence-electron chi connectivity index (χ3n) is 2.99. The SMILES string of the molecule is O=C1COC(CCO)CN1Cc1ccccc1Cl. The molecule has 1 aromatic rings. The number of aliphatic hydroxyl groups is 1. The molecule has 1 aliphatic heterocycles. The molecule has 0 radical (unpaired) electrons. The largest absolute Gasteiger partial charge is 0.396 e. The van der Waals surface area contributed by atoms with Crippen molar-refractivity contribution >= 4 is 17.5 Å². The van der Waals surface area contributed by atoms with Crippen molar-refractivity contribution in [3.05, 3.63) is 34.9 Å². The molecular formula is C13H16ClNO3. The zero-order chi connectivity index (χ0) is 13.0. The molecule has 1 fully saturated rings. The van der Waals surface area contributed by atoms with E-state index in [2.05, 4.69) is 0 Å². The van der Waals surface area contributed by atoms with E-state index in [4.69, 9.17) is 21.4 Å². The highest BCUT2D eigenvalue weighted by molar-refractivity contribution is 6.31. The van der Waals surface area contributed by atoms with Crippen molar-refractivity contribution in [3.63, 3.8) is 0 Å². The lowest BCUT2D eigenvalue weighted by molar-refractivity contribution is -0.150. The van der Waals surface area contributed by atoms with Crippen LogP contribution in [0.4, 0.5) is 0 Å². The first-order valence-corrected chi connectivity index (χ1v) is 6.32. The van der Waals surface area contributed by atoms with Crippen LogP contribution in [-0.4, -0.2) is 41.8 Å². The molecule has 2 rings (SSSR count). The Morgan fingerprint density at radius 3 is 2.94 bits per heavy atom. The first-order valence-electron chi connectivity index (χ1n) is 5.94. The monoisotopic (exact) mass is 269 g/mol. The van der Waals surface area contributed by atoms with Gasteiger partial charge < -0.3 is 14.7 Å². The van der Waals surface area contributed by atoms with Gasteiger partial charge in [-0.05, 0) is 18.1 Å². The molecule has 1 N–H and O–H groups in total. The van der Waals surface area contributed by atoms with Gasteiger partial charge in [-0.15, -0.1) is 0 Å². The number of nitrogens with zero attached hydrogens (tertiary/aromatic N) is 1. The van der Waals surface area contributed by atoms with Crippen molar-refractivity contribution in [1.82, 2.24) is 4.90 Å². The Morgan fingerprint density at radius 2 is 2.22 bits per heavy atom. The number of ether oxygens (including phenoxy) is 1. The quantitative estimate of drug-likeness (QED) is 0.900. The average molecular weight is 270 g/mol. The highest BCUT2D eigenvalue weighted by atomic mass is 35.5. The topological polar surface area (TPSA) is 49.8 Å². The van der Waals surface area contributed by atoms with Gasteiger partial charge in [-0.1, -0.05) is 29.8 Å². The smallest absolute Gasteiger partial charge is 0.248 e. The van der Waals surface area contributed by atoms with Gasteiger partial charge in [0.05, 0.1) is 6.10 Å². The summed E-state index contributed by atoms with van der Waals surface area (Å²) in [4.78, 5) is 13.5. The molecule has 0 spiro atoms. The van der Waals surface area contributed by atoms with Gasteiger partial charge >= 0.3 is 0 Å². The van der Waals surface area contributed by atoms with E-state index >= 15 is 0 Å². The fourth-order valence-electron chi connectivity index (χ4n) is 1.98. The van der Waals surface area contributed by atoms with Crippen LogP contribution in [0.1, 0.15) is 12.0 Å². The normalized spacial score (nSPS) is 20.2. The second-order valence-corrected chi connectivity index (χ2v) is 4.72. The molecule has 1 saturated heterocycles. The first-order chi connectivity index (χ1) is 8.70. The van der Waals surface area contributed by atoms with E-state index in [1.165, 1.54) is 0 Å². The number of carbonyl (C=O) groups excluding carboxylic acids is 1. The molecule has 98 valence electrons. The predicted octanol–water partition coefficient (Wildman–Crippen LogP) is 1.45. The van der Waals surface area contributed by atoms with Gasteiger partial charge in [0, 0.05) is 24.7 Å². The number of amides is 1. The second-order valence-electron chi connectivity index (χ2n) is 4.31. The van der Waals surface area contributed by atoms with Gasteiger partial charge in [-0.2, -0.15) is 0 Å². The van der Waals surface area contributed by atoms with Crippen molar-refractivity contribution in [2.45, 2.75) is 19.1 Å². The Bertz CT molecular complexity index is 424. The van der Waals surface area contributed by atoms with Gasteiger partial charge in [0.25, 0.3) is 0 Å². The van der Waals surface area contributed by atoms with E-state index < -0.39 is 0 Å². The van der Waals surface area contributed by atoms with Crippen LogP contribution in [0.2, 0.25) is 5.02 Å². The lowest BCUT2D eigenvalue weighted by Crippen LogP contribution is -2.46. The number of benzene rings is 1. The molecule has 0 bridgehead atoms. The lowest BCUT2D eigenvalue weighted by atomic mass is 10.1. The summed E-state index contributed by atoms with van der Waals surface area (Å²) in [7, 11) is 0. The maximum absolute atomic E-state index is 11.8. The molecule has 18 heavy (non-hydrogen) atoms. The maximum atomic E-state index is 11.8. The number of hydrogen-bond donors (Lipinski definition) is 1. The van der Waals surface area contributed by atoms with Gasteiger partial charge in [0.1, 0.15) is 6.61 Å². The summed E-state index contributed by atoms with van der Waals surface area (Å²) in [6.07, 6.45) is 0.460. The molecule has 0 aromatic heterocycles. The van der Waals surface area contributed by atoms with Crippen LogP contribution in [0.3, 0.4) is 0 Å². The second kappa shape index (κ2) is 6.18. The van der Waals surface area contributed by atoms with Gasteiger partial charge in [0.2, 0.25) is 5.91 Å². The van der Waals surface area contributed by atoms with Gasteiger partial charge in [0.15, 0.2) is 0 Å². The number of halogens is 1. The molecule has 0 saturated carbocycles. The summed E-state index contributed by atoms with van der Waals surface area (Å²) in [6, 6.07) is 7.48. The third kappa shape index (κ3) is 3.22. The highest BCUT2D eigenvalue weighted by Gasteiger charge is 2.26. The van der Waals surface area contributed by atoms with Crippen LogP contribution in [0.5, 0.6) is 0 Å². The molecule has 1 aromatic carbocycles. The molecule has 4 nitrogen and oxygen atoms in total. The summed E-state index contributed by atoms with van der Waals surface area (Å²) in [5, 5.41) is 9.56. The summed E-state index contributed by atoms with van der Waals surface area (Å²) in [5.74, 6) is -0.0379. The van der Waals surface area contributed by atoms with Crippen LogP contribution in [0, 0.1) is 0 Å². The molecule has 1 amide bonds.